The number of thiophene rings is 1. The van der Waals surface area contributed by atoms with Crippen LogP contribution in [-0.4, -0.2) is 4.57 Å². The Morgan fingerprint density at radius 3 is 2.00 bits per heavy atom. The number of fused-ring (bicyclic) bond motifs is 10. The van der Waals surface area contributed by atoms with Gasteiger partial charge in [0.1, 0.15) is 11.2 Å². The number of hydrogen-bond acceptors (Lipinski definition) is 2. The molecule has 9 aromatic carbocycles. The largest absolute Gasteiger partial charge is 0.456 e. The third-order valence-corrected chi connectivity index (χ3v) is 12.0. The Bertz CT molecular complexity index is 3360. The number of rotatable bonds is 3. The second kappa shape index (κ2) is 10.1. The Kier molecular flexibility index (Phi) is 5.41. The molecule has 0 aliphatic heterocycles. The van der Waals surface area contributed by atoms with Gasteiger partial charge in [0.15, 0.2) is 0 Å². The van der Waals surface area contributed by atoms with E-state index in [2.05, 4.69) is 168 Å². The Balaban J connectivity index is 1.14. The van der Waals surface area contributed by atoms with E-state index >= 15 is 0 Å². The minimum atomic E-state index is 0.929. The zero-order chi connectivity index (χ0) is 33.2. The summed E-state index contributed by atoms with van der Waals surface area (Å²) in [5, 5.41) is 12.8. The van der Waals surface area contributed by atoms with Crippen LogP contribution in [0.15, 0.2) is 168 Å². The molecule has 12 rings (SSSR count). The number of benzene rings is 9. The maximum absolute atomic E-state index is 6.43. The van der Waals surface area contributed by atoms with Crippen LogP contribution >= 0.6 is 11.3 Å². The zero-order valence-electron chi connectivity index (χ0n) is 27.4. The third-order valence-electron chi connectivity index (χ3n) is 10.9. The molecule has 0 unspecified atom stereocenters. The van der Waals surface area contributed by atoms with Crippen LogP contribution in [0.4, 0.5) is 0 Å². The van der Waals surface area contributed by atoms with Crippen molar-refractivity contribution in [1.29, 1.82) is 0 Å². The fraction of sp³-hybridized carbons (Fsp3) is 0. The van der Waals surface area contributed by atoms with Gasteiger partial charge in [-0.15, -0.1) is 11.3 Å². The highest BCUT2D eigenvalue weighted by Gasteiger charge is 2.21. The SMILES string of the molecule is c1ccc(-c2cccc(-n3c4ccccc4c4cc(-c5cc6sc7cccc8c9ccc%10oc%11ccccc%11c%10c9c(c5)c6c78)ccc43)c2)cc1. The van der Waals surface area contributed by atoms with Crippen molar-refractivity contribution in [1.82, 2.24) is 4.57 Å². The number of nitrogens with zero attached hydrogens (tertiary/aromatic N) is 1. The lowest BCUT2D eigenvalue weighted by molar-refractivity contribution is 0.669. The lowest BCUT2D eigenvalue weighted by Gasteiger charge is -2.13. The van der Waals surface area contributed by atoms with E-state index < -0.39 is 0 Å². The van der Waals surface area contributed by atoms with E-state index in [0.717, 1.165) is 16.9 Å². The zero-order valence-corrected chi connectivity index (χ0v) is 28.2. The summed E-state index contributed by atoms with van der Waals surface area (Å²) in [6.07, 6.45) is 0. The summed E-state index contributed by atoms with van der Waals surface area (Å²) in [6, 6.07) is 59.9. The average molecular weight is 666 g/mol. The average Bonchev–Trinajstić information content (AvgIpc) is 3.87. The molecule has 0 N–H and O–H groups in total. The van der Waals surface area contributed by atoms with Gasteiger partial charge in [0.2, 0.25) is 0 Å². The predicted molar refractivity (Wildman–Crippen MR) is 218 cm³/mol. The molecule has 3 heterocycles. The van der Waals surface area contributed by atoms with Gasteiger partial charge < -0.3 is 8.98 Å². The van der Waals surface area contributed by atoms with E-state index in [1.807, 2.05) is 11.3 Å². The van der Waals surface area contributed by atoms with Crippen molar-refractivity contribution in [3.05, 3.63) is 164 Å². The van der Waals surface area contributed by atoms with Gasteiger partial charge in [-0.1, -0.05) is 97.1 Å². The van der Waals surface area contributed by atoms with E-state index in [1.165, 1.54) is 96.5 Å². The van der Waals surface area contributed by atoms with Crippen molar-refractivity contribution < 1.29 is 4.42 Å². The molecule has 0 spiro atoms. The Morgan fingerprint density at radius 1 is 0.353 bits per heavy atom. The summed E-state index contributed by atoms with van der Waals surface area (Å²) in [7, 11) is 0. The van der Waals surface area contributed by atoms with Crippen LogP contribution in [0.25, 0.3) is 113 Å². The van der Waals surface area contributed by atoms with Gasteiger partial charge in [0.05, 0.1) is 11.0 Å². The molecule has 51 heavy (non-hydrogen) atoms. The summed E-state index contributed by atoms with van der Waals surface area (Å²) >= 11 is 1.90. The molecule has 0 fully saturated rings. The second-order valence-corrected chi connectivity index (χ2v) is 14.7. The molecule has 12 aromatic rings. The molecular formula is C48H27NOS. The molecule has 0 saturated heterocycles. The minimum Gasteiger partial charge on any atom is -0.456 e. The van der Waals surface area contributed by atoms with Crippen LogP contribution in [0.2, 0.25) is 0 Å². The van der Waals surface area contributed by atoms with Gasteiger partial charge >= 0.3 is 0 Å². The van der Waals surface area contributed by atoms with Gasteiger partial charge in [0.25, 0.3) is 0 Å². The lowest BCUT2D eigenvalue weighted by Crippen LogP contribution is -1.94. The first-order chi connectivity index (χ1) is 25.3. The quantitative estimate of drug-likeness (QED) is 0.172. The van der Waals surface area contributed by atoms with Gasteiger partial charge in [0, 0.05) is 52.8 Å². The van der Waals surface area contributed by atoms with Crippen molar-refractivity contribution >= 4 is 96.8 Å². The van der Waals surface area contributed by atoms with Crippen LogP contribution in [-0.2, 0) is 0 Å². The molecule has 0 bridgehead atoms. The number of para-hydroxylation sites is 2. The molecule has 2 nitrogen and oxygen atoms in total. The molecule has 0 aliphatic carbocycles. The maximum Gasteiger partial charge on any atom is 0.136 e. The second-order valence-electron chi connectivity index (χ2n) is 13.6. The van der Waals surface area contributed by atoms with Crippen molar-refractivity contribution in [3.63, 3.8) is 0 Å². The summed E-state index contributed by atoms with van der Waals surface area (Å²) in [6.45, 7) is 0. The van der Waals surface area contributed by atoms with Crippen LogP contribution in [0, 0.1) is 0 Å². The van der Waals surface area contributed by atoms with Crippen molar-refractivity contribution in [3.8, 4) is 27.9 Å². The van der Waals surface area contributed by atoms with E-state index in [4.69, 9.17) is 4.42 Å². The molecular weight excluding hydrogens is 639 g/mol. The highest BCUT2D eigenvalue weighted by atomic mass is 32.1. The van der Waals surface area contributed by atoms with E-state index in [-0.39, 0.29) is 0 Å². The predicted octanol–water partition coefficient (Wildman–Crippen LogP) is 14.1. The van der Waals surface area contributed by atoms with Crippen LogP contribution in [0.1, 0.15) is 0 Å². The van der Waals surface area contributed by atoms with Gasteiger partial charge in [-0.2, -0.15) is 0 Å². The molecule has 0 radical (unpaired) electrons. The molecule has 0 aliphatic rings. The Hall–Kier alpha value is -6.42. The van der Waals surface area contributed by atoms with Crippen molar-refractivity contribution in [2.45, 2.75) is 0 Å². The first kappa shape index (κ1) is 27.4. The normalized spacial score (nSPS) is 12.3. The number of hydrogen-bond donors (Lipinski definition) is 0. The minimum absolute atomic E-state index is 0.929. The monoisotopic (exact) mass is 665 g/mol. The van der Waals surface area contributed by atoms with E-state index in [9.17, 15) is 0 Å². The summed E-state index contributed by atoms with van der Waals surface area (Å²) in [5.41, 5.74) is 10.3. The third kappa shape index (κ3) is 3.76. The molecule has 3 aromatic heterocycles. The van der Waals surface area contributed by atoms with Gasteiger partial charge in [-0.05, 0) is 105 Å². The molecule has 236 valence electrons. The Labute approximate surface area is 296 Å². The highest BCUT2D eigenvalue weighted by molar-refractivity contribution is 7.26. The molecule has 3 heteroatoms. The summed E-state index contributed by atoms with van der Waals surface area (Å²) in [4.78, 5) is 0. The topological polar surface area (TPSA) is 18.1 Å². The summed E-state index contributed by atoms with van der Waals surface area (Å²) in [5.74, 6) is 0. The van der Waals surface area contributed by atoms with Crippen LogP contribution in [0.5, 0.6) is 0 Å². The van der Waals surface area contributed by atoms with E-state index in [0.29, 0.717) is 0 Å². The lowest BCUT2D eigenvalue weighted by atomic mass is 9.90. The van der Waals surface area contributed by atoms with Crippen LogP contribution < -0.4 is 0 Å². The standard InChI is InChI=1S/C48H27NOS/c1-2-10-28(11-3-1)29-12-8-13-32(24-29)49-39-17-6-4-14-33(39)37-25-30(20-22-40(37)49)31-26-38-45-35(21-23-42-46(45)36-15-5-7-18-41(36)50-42)34-16-9-19-43-47(34)48(38)44(27-31)51-43/h1-27H. The maximum atomic E-state index is 6.43. The van der Waals surface area contributed by atoms with Gasteiger partial charge in [-0.25, -0.2) is 0 Å². The van der Waals surface area contributed by atoms with Crippen LogP contribution in [0.3, 0.4) is 0 Å². The van der Waals surface area contributed by atoms with Crippen molar-refractivity contribution in [2.24, 2.45) is 0 Å². The smallest absolute Gasteiger partial charge is 0.136 e. The fourth-order valence-electron chi connectivity index (χ4n) is 8.74. The highest BCUT2D eigenvalue weighted by Crippen LogP contribution is 2.49. The van der Waals surface area contributed by atoms with Crippen molar-refractivity contribution in [2.75, 3.05) is 0 Å². The molecule has 0 atom stereocenters. The van der Waals surface area contributed by atoms with Gasteiger partial charge in [-0.3, -0.25) is 0 Å². The first-order valence-electron chi connectivity index (χ1n) is 17.4. The molecule has 0 amide bonds. The summed E-state index contributed by atoms with van der Waals surface area (Å²) < 4.78 is 11.5. The Morgan fingerprint density at radius 2 is 1.06 bits per heavy atom. The fourth-order valence-corrected chi connectivity index (χ4v) is 9.94. The first-order valence-corrected chi connectivity index (χ1v) is 18.2. The van der Waals surface area contributed by atoms with E-state index in [1.54, 1.807) is 0 Å². The molecule has 0 saturated carbocycles. The number of aromatic nitrogens is 1. The number of furan rings is 1.